The van der Waals surface area contributed by atoms with Gasteiger partial charge in [-0.05, 0) is 37.8 Å². The summed E-state index contributed by atoms with van der Waals surface area (Å²) in [5, 5.41) is 9.07. The number of carboxylic acid groups (broad SMARTS) is 1. The minimum absolute atomic E-state index is 0.0262. The third kappa shape index (κ3) is 3.21. The number of carboxylic acids is 1. The number of halogens is 1. The van der Waals surface area contributed by atoms with E-state index in [4.69, 9.17) is 10.8 Å². The van der Waals surface area contributed by atoms with E-state index >= 15 is 0 Å². The van der Waals surface area contributed by atoms with E-state index in [1.54, 1.807) is 7.05 Å². The van der Waals surface area contributed by atoms with Crippen LogP contribution in [0.15, 0.2) is 17.1 Å². The molecule has 0 aliphatic carbocycles. The van der Waals surface area contributed by atoms with Gasteiger partial charge in [-0.2, -0.15) is 0 Å². The molecule has 0 radical (unpaired) electrons. The Bertz CT molecular complexity index is 872. The molecule has 0 spiro atoms. The summed E-state index contributed by atoms with van der Waals surface area (Å²) in [5.74, 6) is -1.19. The lowest BCUT2D eigenvalue weighted by atomic mass is 9.93. The quantitative estimate of drug-likeness (QED) is 0.864. The van der Waals surface area contributed by atoms with Gasteiger partial charge in [-0.1, -0.05) is 0 Å². The van der Waals surface area contributed by atoms with Crippen LogP contribution in [-0.4, -0.2) is 40.3 Å². The predicted octanol–water partition coefficient (Wildman–Crippen LogP) is 1.34. The molecule has 0 bridgehead atoms. The van der Waals surface area contributed by atoms with Gasteiger partial charge in [0.2, 0.25) is 5.43 Å². The van der Waals surface area contributed by atoms with Gasteiger partial charge in [0, 0.05) is 26.3 Å². The number of nitrogens with two attached hydrogens (primary N) is 1. The number of fused-ring (bicyclic) bond motifs is 1. The van der Waals surface area contributed by atoms with E-state index in [0.29, 0.717) is 25.6 Å². The van der Waals surface area contributed by atoms with Gasteiger partial charge in [0.25, 0.3) is 0 Å². The molecule has 1 fully saturated rings. The van der Waals surface area contributed by atoms with Crippen molar-refractivity contribution in [2.45, 2.75) is 19.3 Å². The summed E-state index contributed by atoms with van der Waals surface area (Å²) < 4.78 is 16.0. The van der Waals surface area contributed by atoms with E-state index in [1.165, 1.54) is 10.8 Å². The lowest BCUT2D eigenvalue weighted by Gasteiger charge is -2.33. The standard InChI is InChI=1S/C17H21FN4O3/c1-21-9-12(17(24)25)14(23)11-8-13(18)16(20-15(11)21)22-6-3-10(2-5-19)4-7-22/h8-10H,2-7,19H2,1H3,(H,24,25). The van der Waals surface area contributed by atoms with Crippen LogP contribution < -0.4 is 16.1 Å². The molecule has 2 aromatic rings. The van der Waals surface area contributed by atoms with Crippen LogP contribution >= 0.6 is 0 Å². The molecular weight excluding hydrogens is 327 g/mol. The lowest BCUT2D eigenvalue weighted by molar-refractivity contribution is 0.0695. The summed E-state index contributed by atoms with van der Waals surface area (Å²) in [5.41, 5.74) is 4.75. The molecule has 1 saturated heterocycles. The molecule has 3 rings (SSSR count). The number of aromatic carboxylic acids is 1. The summed E-state index contributed by atoms with van der Waals surface area (Å²) in [6, 6.07) is 1.10. The first kappa shape index (κ1) is 17.3. The highest BCUT2D eigenvalue weighted by atomic mass is 19.1. The van der Waals surface area contributed by atoms with E-state index in [2.05, 4.69) is 4.98 Å². The third-order valence-corrected chi connectivity index (χ3v) is 4.80. The Morgan fingerprint density at radius 3 is 2.72 bits per heavy atom. The number of rotatable bonds is 4. The monoisotopic (exact) mass is 348 g/mol. The fourth-order valence-electron chi connectivity index (χ4n) is 3.41. The lowest BCUT2D eigenvalue weighted by Crippen LogP contribution is -2.35. The van der Waals surface area contributed by atoms with Crippen molar-refractivity contribution >= 4 is 22.8 Å². The van der Waals surface area contributed by atoms with Crippen LogP contribution in [0.4, 0.5) is 10.2 Å². The van der Waals surface area contributed by atoms with E-state index in [1.807, 2.05) is 4.90 Å². The molecule has 0 unspecified atom stereocenters. The zero-order valence-electron chi connectivity index (χ0n) is 14.0. The van der Waals surface area contributed by atoms with Gasteiger partial charge in [0.15, 0.2) is 11.6 Å². The molecule has 25 heavy (non-hydrogen) atoms. The number of pyridine rings is 2. The maximum atomic E-state index is 14.6. The molecule has 0 aromatic carbocycles. The number of piperidine rings is 1. The normalized spacial score (nSPS) is 15.7. The van der Waals surface area contributed by atoms with Gasteiger partial charge >= 0.3 is 5.97 Å². The number of hydrogen-bond acceptors (Lipinski definition) is 5. The maximum Gasteiger partial charge on any atom is 0.341 e. The molecule has 1 aliphatic rings. The average molecular weight is 348 g/mol. The van der Waals surface area contributed by atoms with Crippen molar-refractivity contribution < 1.29 is 14.3 Å². The fraction of sp³-hybridized carbons (Fsp3) is 0.471. The first-order valence-electron chi connectivity index (χ1n) is 8.30. The van der Waals surface area contributed by atoms with Crippen LogP contribution in [-0.2, 0) is 7.05 Å². The van der Waals surface area contributed by atoms with Gasteiger partial charge in [-0.3, -0.25) is 4.79 Å². The molecule has 1 aliphatic heterocycles. The first-order chi connectivity index (χ1) is 11.9. The summed E-state index contributed by atoms with van der Waals surface area (Å²) in [6.07, 6.45) is 4.03. The molecule has 0 atom stereocenters. The van der Waals surface area contributed by atoms with Gasteiger partial charge in [0.05, 0.1) is 5.39 Å². The number of hydrogen-bond donors (Lipinski definition) is 2. The smallest absolute Gasteiger partial charge is 0.341 e. The Morgan fingerprint density at radius 1 is 1.44 bits per heavy atom. The highest BCUT2D eigenvalue weighted by molar-refractivity contribution is 5.92. The number of anilines is 1. The molecule has 0 amide bonds. The van der Waals surface area contributed by atoms with Crippen molar-refractivity contribution in [2.75, 3.05) is 24.5 Å². The zero-order chi connectivity index (χ0) is 18.1. The van der Waals surface area contributed by atoms with Crippen molar-refractivity contribution in [1.82, 2.24) is 9.55 Å². The van der Waals surface area contributed by atoms with E-state index < -0.39 is 22.8 Å². The molecule has 3 heterocycles. The van der Waals surface area contributed by atoms with Crippen LogP contribution in [0.3, 0.4) is 0 Å². The molecule has 134 valence electrons. The number of aryl methyl sites for hydroxylation is 1. The second kappa shape index (κ2) is 6.79. The van der Waals surface area contributed by atoms with Crippen molar-refractivity contribution in [3.8, 4) is 0 Å². The Hall–Kier alpha value is -2.48. The molecule has 0 saturated carbocycles. The first-order valence-corrected chi connectivity index (χ1v) is 8.30. The van der Waals surface area contributed by atoms with E-state index in [-0.39, 0.29) is 16.9 Å². The number of nitrogens with zero attached hydrogens (tertiary/aromatic N) is 3. The zero-order valence-corrected chi connectivity index (χ0v) is 14.0. The Balaban J connectivity index is 2.00. The van der Waals surface area contributed by atoms with Gasteiger partial charge in [-0.15, -0.1) is 0 Å². The topological polar surface area (TPSA) is 101 Å². The second-order valence-corrected chi connectivity index (χ2v) is 6.46. The van der Waals surface area contributed by atoms with Crippen LogP contribution in [0, 0.1) is 11.7 Å². The molecule has 8 heteroatoms. The largest absolute Gasteiger partial charge is 0.477 e. The van der Waals surface area contributed by atoms with Crippen molar-refractivity contribution in [1.29, 1.82) is 0 Å². The van der Waals surface area contributed by atoms with E-state index in [9.17, 15) is 14.0 Å². The van der Waals surface area contributed by atoms with Crippen LogP contribution in [0.25, 0.3) is 11.0 Å². The van der Waals surface area contributed by atoms with Crippen LogP contribution in [0.5, 0.6) is 0 Å². The Kier molecular flexibility index (Phi) is 4.71. The molecule has 3 N–H and O–H groups in total. The molecule has 7 nitrogen and oxygen atoms in total. The minimum atomic E-state index is -1.34. The highest BCUT2D eigenvalue weighted by Crippen LogP contribution is 2.27. The van der Waals surface area contributed by atoms with E-state index in [0.717, 1.165) is 25.3 Å². The molecular formula is C17H21FN4O3. The van der Waals surface area contributed by atoms with Gasteiger partial charge in [0.1, 0.15) is 11.2 Å². The van der Waals surface area contributed by atoms with Crippen LogP contribution in [0.1, 0.15) is 29.6 Å². The fourth-order valence-corrected chi connectivity index (χ4v) is 3.41. The molecule has 2 aromatic heterocycles. The SMILES string of the molecule is Cn1cc(C(=O)O)c(=O)c2cc(F)c(N3CCC(CCN)CC3)nc21. The van der Waals surface area contributed by atoms with Crippen LogP contribution in [0.2, 0.25) is 0 Å². The third-order valence-electron chi connectivity index (χ3n) is 4.80. The van der Waals surface area contributed by atoms with Gasteiger partial charge in [-0.25, -0.2) is 14.2 Å². The summed E-state index contributed by atoms with van der Waals surface area (Å²) in [7, 11) is 1.59. The number of aromatic nitrogens is 2. The summed E-state index contributed by atoms with van der Waals surface area (Å²) >= 11 is 0. The number of carbonyl (C=O) groups is 1. The average Bonchev–Trinajstić information content (AvgIpc) is 2.58. The predicted molar refractivity (Wildman–Crippen MR) is 92.5 cm³/mol. The maximum absolute atomic E-state index is 14.6. The van der Waals surface area contributed by atoms with Crippen molar-refractivity contribution in [3.63, 3.8) is 0 Å². The summed E-state index contributed by atoms with van der Waals surface area (Å²) in [4.78, 5) is 29.6. The van der Waals surface area contributed by atoms with Crippen molar-refractivity contribution in [2.24, 2.45) is 18.7 Å². The summed E-state index contributed by atoms with van der Waals surface area (Å²) in [6.45, 7) is 2.02. The Morgan fingerprint density at radius 2 is 2.12 bits per heavy atom. The highest BCUT2D eigenvalue weighted by Gasteiger charge is 2.24. The van der Waals surface area contributed by atoms with Gasteiger partial charge < -0.3 is 20.3 Å². The minimum Gasteiger partial charge on any atom is -0.477 e. The van der Waals surface area contributed by atoms with Crippen molar-refractivity contribution in [3.05, 3.63) is 33.9 Å². The second-order valence-electron chi connectivity index (χ2n) is 6.46. The Labute approximate surface area is 143 Å².